The molecule has 0 nitrogen and oxygen atoms in total. The van der Waals surface area contributed by atoms with Gasteiger partial charge in [-0.1, -0.05) is 45.8 Å². The number of fused-ring (bicyclic) bond motifs is 1. The first-order valence-electron chi connectivity index (χ1n) is 7.48. The molecule has 24 heavy (non-hydrogen) atoms. The fourth-order valence-electron chi connectivity index (χ4n) is 2.23. The van der Waals surface area contributed by atoms with Crippen LogP contribution >= 0.6 is 0 Å². The molecule has 0 N–H and O–H groups in total. The smallest absolute Gasteiger partial charge is 1.00 e. The average molecular weight is 424 g/mol. The molecule has 3 rings (SSSR count). The van der Waals surface area contributed by atoms with Gasteiger partial charge in [-0.25, -0.2) is 5.57 Å². The van der Waals surface area contributed by atoms with Crippen molar-refractivity contribution >= 4 is 20.3 Å². The fourth-order valence-corrected chi connectivity index (χ4v) is 2.23. The SMILES string of the molecule is CC1=[C-]C(C)C(C)=C1C.C[Si]C.[F-].[F-].[Zr+4].c1ccc2[cH-]ccc2c1. The maximum Gasteiger partial charge on any atom is 4.00 e. The predicted molar refractivity (Wildman–Crippen MR) is 97.0 cm³/mol. The standard InChI is InChI=1S/C9H7.C9H13.C2H6Si.2FH.Zr/c1-2-5-9-7-3-6-8(9)4-1;1-6-5-7(2)9(4)8(6)3;1-3-2;;;/h1-7H;6H,1-4H3;1-2H3;2*1H;/q2*-1;;;;+4/p-2. The summed E-state index contributed by atoms with van der Waals surface area (Å²) in [5, 5.41) is 2.66. The van der Waals surface area contributed by atoms with Gasteiger partial charge in [-0.3, -0.25) is 6.08 Å². The van der Waals surface area contributed by atoms with Crippen molar-refractivity contribution in [2.24, 2.45) is 5.92 Å². The van der Waals surface area contributed by atoms with Gasteiger partial charge in [-0.15, -0.1) is 36.6 Å². The number of hydrogen-bond acceptors (Lipinski definition) is 0. The zero-order valence-electron chi connectivity index (χ0n) is 15.4. The molecule has 128 valence electrons. The summed E-state index contributed by atoms with van der Waals surface area (Å²) in [6.45, 7) is 13.0. The third kappa shape index (κ3) is 8.39. The molecule has 0 heterocycles. The van der Waals surface area contributed by atoms with Gasteiger partial charge < -0.3 is 9.41 Å². The van der Waals surface area contributed by atoms with Gasteiger partial charge in [0.15, 0.2) is 0 Å². The average Bonchev–Trinajstić information content (AvgIpc) is 3.02. The number of rotatable bonds is 0. The van der Waals surface area contributed by atoms with Crippen LogP contribution in [0.1, 0.15) is 27.7 Å². The van der Waals surface area contributed by atoms with E-state index in [1.807, 2.05) is 0 Å². The van der Waals surface area contributed by atoms with Crippen LogP contribution in [0.15, 0.2) is 59.2 Å². The fraction of sp³-hybridized carbons (Fsp3) is 0.350. The Morgan fingerprint density at radius 2 is 1.54 bits per heavy atom. The number of allylic oxidation sites excluding steroid dienone is 4. The summed E-state index contributed by atoms with van der Waals surface area (Å²) in [6, 6.07) is 14.7. The summed E-state index contributed by atoms with van der Waals surface area (Å²) >= 11 is 0. The molecule has 0 aromatic heterocycles. The third-order valence-corrected chi connectivity index (χ3v) is 3.78. The summed E-state index contributed by atoms with van der Waals surface area (Å²) in [5.41, 5.74) is 4.25. The van der Waals surface area contributed by atoms with Crippen molar-refractivity contribution in [2.45, 2.75) is 40.8 Å². The summed E-state index contributed by atoms with van der Waals surface area (Å²) in [7, 11) is 1.08. The van der Waals surface area contributed by atoms with Crippen LogP contribution in [0.2, 0.25) is 13.1 Å². The maximum atomic E-state index is 3.36. The Kier molecular flexibility index (Phi) is 17.1. The number of benzene rings is 1. The van der Waals surface area contributed by atoms with E-state index in [4.69, 9.17) is 0 Å². The topological polar surface area (TPSA) is 0 Å². The number of halogens is 2. The summed E-state index contributed by atoms with van der Waals surface area (Å²) < 4.78 is 0. The van der Waals surface area contributed by atoms with Crippen LogP contribution in [0.4, 0.5) is 0 Å². The van der Waals surface area contributed by atoms with E-state index in [1.54, 1.807) is 0 Å². The summed E-state index contributed by atoms with van der Waals surface area (Å²) in [4.78, 5) is 0. The van der Waals surface area contributed by atoms with Gasteiger partial charge in [-0.05, 0) is 0 Å². The van der Waals surface area contributed by atoms with Crippen LogP contribution in [-0.4, -0.2) is 9.52 Å². The molecular weight excluding hydrogens is 398 g/mol. The minimum Gasteiger partial charge on any atom is -1.00 e. The van der Waals surface area contributed by atoms with Crippen molar-refractivity contribution in [1.29, 1.82) is 0 Å². The van der Waals surface area contributed by atoms with Gasteiger partial charge in [0.05, 0.1) is 0 Å². The van der Waals surface area contributed by atoms with Crippen molar-refractivity contribution in [3.8, 4) is 0 Å². The second-order valence-electron chi connectivity index (χ2n) is 5.45. The Morgan fingerprint density at radius 3 is 1.92 bits per heavy atom. The van der Waals surface area contributed by atoms with Crippen LogP contribution in [-0.2, 0) is 26.2 Å². The van der Waals surface area contributed by atoms with E-state index in [2.05, 4.69) is 89.3 Å². The first-order chi connectivity index (χ1) is 10.0. The van der Waals surface area contributed by atoms with Gasteiger partial charge in [0.1, 0.15) is 0 Å². The predicted octanol–water partition coefficient (Wildman–Crippen LogP) is 0.0730. The van der Waals surface area contributed by atoms with E-state index in [9.17, 15) is 0 Å². The Morgan fingerprint density at radius 1 is 1.00 bits per heavy atom. The Hall–Kier alpha value is -0.730. The molecule has 0 aliphatic heterocycles. The van der Waals surface area contributed by atoms with Crippen LogP contribution in [0.25, 0.3) is 10.8 Å². The molecule has 0 saturated heterocycles. The van der Waals surface area contributed by atoms with Crippen molar-refractivity contribution in [1.82, 2.24) is 0 Å². The summed E-state index contributed by atoms with van der Waals surface area (Å²) in [6.07, 6.45) is 3.36. The molecular formula is C20H26F2SiZr. The van der Waals surface area contributed by atoms with Gasteiger partial charge in [-0.2, -0.15) is 28.7 Å². The van der Waals surface area contributed by atoms with Gasteiger partial charge in [0.25, 0.3) is 0 Å². The van der Waals surface area contributed by atoms with E-state index in [0.717, 1.165) is 9.52 Å². The second-order valence-corrected chi connectivity index (χ2v) is 6.45. The third-order valence-electron chi connectivity index (χ3n) is 3.78. The van der Waals surface area contributed by atoms with Crippen LogP contribution in [0.3, 0.4) is 0 Å². The molecule has 1 atom stereocenters. The number of hydrogen-bond donors (Lipinski definition) is 0. The molecule has 1 aliphatic carbocycles. The van der Waals surface area contributed by atoms with Crippen LogP contribution in [0, 0.1) is 12.0 Å². The van der Waals surface area contributed by atoms with E-state index in [1.165, 1.54) is 27.5 Å². The normalized spacial score (nSPS) is 14.8. The van der Waals surface area contributed by atoms with Gasteiger partial charge in [0, 0.05) is 9.52 Å². The van der Waals surface area contributed by atoms with E-state index in [-0.39, 0.29) is 35.6 Å². The monoisotopic (exact) mass is 422 g/mol. The Balaban J connectivity index is -0.000000286. The molecule has 2 aromatic carbocycles. The molecule has 0 spiro atoms. The maximum absolute atomic E-state index is 3.36. The zero-order valence-corrected chi connectivity index (χ0v) is 18.8. The van der Waals surface area contributed by atoms with Crippen molar-refractivity contribution in [2.75, 3.05) is 0 Å². The van der Waals surface area contributed by atoms with Gasteiger partial charge in [0.2, 0.25) is 0 Å². The van der Waals surface area contributed by atoms with E-state index >= 15 is 0 Å². The molecule has 0 fully saturated rings. The largest absolute Gasteiger partial charge is 4.00 e. The molecule has 4 heteroatoms. The van der Waals surface area contributed by atoms with Crippen molar-refractivity contribution < 1.29 is 35.6 Å². The minimum atomic E-state index is 0. The van der Waals surface area contributed by atoms with Crippen molar-refractivity contribution in [3.05, 3.63) is 65.3 Å². The minimum absolute atomic E-state index is 0. The molecule has 1 unspecified atom stereocenters. The Labute approximate surface area is 167 Å². The zero-order chi connectivity index (χ0) is 15.8. The van der Waals surface area contributed by atoms with Crippen LogP contribution < -0.4 is 9.41 Å². The molecule has 0 amide bonds. The molecule has 2 aromatic rings. The van der Waals surface area contributed by atoms with E-state index < -0.39 is 0 Å². The van der Waals surface area contributed by atoms with Crippen LogP contribution in [0.5, 0.6) is 0 Å². The van der Waals surface area contributed by atoms with Gasteiger partial charge >= 0.3 is 26.2 Å². The molecule has 0 bridgehead atoms. The molecule has 2 radical (unpaired) electrons. The first kappa shape index (κ1) is 28.1. The quantitative estimate of drug-likeness (QED) is 0.416. The molecule has 1 aliphatic rings. The summed E-state index contributed by atoms with van der Waals surface area (Å²) in [5.74, 6) is 0.560. The first-order valence-corrected chi connectivity index (χ1v) is 9.48. The second kappa shape index (κ2) is 14.6. The Bertz CT molecular complexity index is 599. The van der Waals surface area contributed by atoms with E-state index in [0.29, 0.717) is 5.92 Å². The van der Waals surface area contributed by atoms with Crippen molar-refractivity contribution in [3.63, 3.8) is 0 Å². The molecule has 0 saturated carbocycles.